The number of aliphatic hydroxyl groups is 1. The summed E-state index contributed by atoms with van der Waals surface area (Å²) in [4.78, 5) is 3.19. The molecule has 1 heterocycles. The average molecular weight is 183 g/mol. The Labute approximate surface area is 76.8 Å². The van der Waals surface area contributed by atoms with Gasteiger partial charge in [0.25, 0.3) is 0 Å². The molecule has 0 aliphatic rings. The second kappa shape index (κ2) is 4.28. The summed E-state index contributed by atoms with van der Waals surface area (Å²) in [6, 6.07) is 4.07. The fourth-order valence-corrected chi connectivity index (χ4v) is 1.76. The lowest BCUT2D eigenvalue weighted by Crippen LogP contribution is -2.19. The van der Waals surface area contributed by atoms with Crippen molar-refractivity contribution in [1.82, 2.24) is 0 Å². The van der Waals surface area contributed by atoms with E-state index in [1.54, 1.807) is 11.3 Å². The molecule has 0 unspecified atom stereocenters. The largest absolute Gasteiger partial charge is 0.395 e. The number of likely N-dealkylation sites (N-methyl/N-ethyl adjacent to an activating group) is 1. The van der Waals surface area contributed by atoms with Crippen molar-refractivity contribution in [3.63, 3.8) is 0 Å². The van der Waals surface area contributed by atoms with Crippen molar-refractivity contribution in [3.05, 3.63) is 23.6 Å². The van der Waals surface area contributed by atoms with Crippen LogP contribution in [0.25, 0.3) is 6.08 Å². The van der Waals surface area contributed by atoms with Gasteiger partial charge in [0.15, 0.2) is 0 Å². The molecule has 0 atom stereocenters. The Bertz CT molecular complexity index is 257. The van der Waals surface area contributed by atoms with Crippen molar-refractivity contribution in [3.8, 4) is 0 Å². The lowest BCUT2D eigenvalue weighted by Gasteiger charge is -2.14. The van der Waals surface area contributed by atoms with E-state index in [1.807, 2.05) is 30.2 Å². The third-order valence-corrected chi connectivity index (χ3v) is 2.82. The van der Waals surface area contributed by atoms with Crippen LogP contribution in [0.1, 0.15) is 4.88 Å². The number of hydrogen-bond donors (Lipinski definition) is 1. The van der Waals surface area contributed by atoms with Crippen LogP contribution in [0.2, 0.25) is 0 Å². The first-order valence-corrected chi connectivity index (χ1v) is 4.64. The molecule has 0 saturated carbocycles. The summed E-state index contributed by atoms with van der Waals surface area (Å²) in [6.07, 6.45) is 1.83. The molecule has 66 valence electrons. The van der Waals surface area contributed by atoms with Crippen molar-refractivity contribution >= 4 is 22.4 Å². The molecule has 1 aromatic heterocycles. The topological polar surface area (TPSA) is 23.5 Å². The molecule has 0 aliphatic heterocycles. The van der Waals surface area contributed by atoms with Crippen molar-refractivity contribution in [1.29, 1.82) is 0 Å². The number of hydrogen-bond acceptors (Lipinski definition) is 3. The number of aliphatic hydroxyl groups excluding tert-OH is 1. The second-order valence-electron chi connectivity index (χ2n) is 2.53. The van der Waals surface area contributed by atoms with Crippen molar-refractivity contribution in [2.45, 2.75) is 0 Å². The maximum absolute atomic E-state index is 8.70. The molecule has 2 nitrogen and oxygen atoms in total. The summed E-state index contributed by atoms with van der Waals surface area (Å²) in [5.74, 6) is 0. The predicted molar refractivity (Wildman–Crippen MR) is 54.8 cm³/mol. The Kier molecular flexibility index (Phi) is 3.31. The van der Waals surface area contributed by atoms with Gasteiger partial charge in [-0.2, -0.15) is 0 Å². The highest BCUT2D eigenvalue weighted by atomic mass is 32.1. The molecule has 0 bridgehead atoms. The zero-order chi connectivity index (χ0) is 8.97. The minimum absolute atomic E-state index is 0.192. The normalized spacial score (nSPS) is 9.83. The Hall–Kier alpha value is -0.800. The smallest absolute Gasteiger partial charge is 0.0912 e. The Morgan fingerprint density at radius 1 is 1.67 bits per heavy atom. The molecule has 0 radical (unpaired) electrons. The molecule has 1 N–H and O–H groups in total. The van der Waals surface area contributed by atoms with Crippen LogP contribution < -0.4 is 4.90 Å². The first-order valence-electron chi connectivity index (χ1n) is 3.82. The SMILES string of the molecule is C=Cc1ccc(N(C)CCO)s1. The highest BCUT2D eigenvalue weighted by Gasteiger charge is 2.01. The average Bonchev–Trinajstić information content (AvgIpc) is 2.52. The Balaban J connectivity index is 2.67. The summed E-state index contributed by atoms with van der Waals surface area (Å²) < 4.78 is 0. The lowest BCUT2D eigenvalue weighted by atomic mass is 10.4. The summed E-state index contributed by atoms with van der Waals surface area (Å²) >= 11 is 1.68. The quantitative estimate of drug-likeness (QED) is 0.769. The Morgan fingerprint density at radius 2 is 2.42 bits per heavy atom. The standard InChI is InChI=1S/C9H13NOS/c1-3-8-4-5-9(12-8)10(2)6-7-11/h3-5,11H,1,6-7H2,2H3. The number of anilines is 1. The maximum atomic E-state index is 8.70. The van der Waals surface area contributed by atoms with Gasteiger partial charge in [-0.05, 0) is 12.1 Å². The van der Waals surface area contributed by atoms with Crippen molar-refractivity contribution in [2.75, 3.05) is 25.1 Å². The highest BCUT2D eigenvalue weighted by molar-refractivity contribution is 7.16. The van der Waals surface area contributed by atoms with E-state index in [-0.39, 0.29) is 6.61 Å². The molecule has 0 amide bonds. The predicted octanol–water partition coefficient (Wildman–Crippen LogP) is 1.82. The van der Waals surface area contributed by atoms with E-state index in [0.717, 1.165) is 4.88 Å². The van der Waals surface area contributed by atoms with Crippen molar-refractivity contribution in [2.24, 2.45) is 0 Å². The van der Waals surface area contributed by atoms with Gasteiger partial charge in [-0.15, -0.1) is 11.3 Å². The molecule has 0 saturated heterocycles. The van der Waals surface area contributed by atoms with Crippen molar-refractivity contribution < 1.29 is 5.11 Å². The van der Waals surface area contributed by atoms with E-state index >= 15 is 0 Å². The van der Waals surface area contributed by atoms with Gasteiger partial charge in [-0.25, -0.2) is 0 Å². The molecule has 0 spiro atoms. The minimum Gasteiger partial charge on any atom is -0.395 e. The van der Waals surface area contributed by atoms with E-state index in [2.05, 4.69) is 6.58 Å². The van der Waals surface area contributed by atoms with Gasteiger partial charge in [-0.1, -0.05) is 12.7 Å². The monoisotopic (exact) mass is 183 g/mol. The zero-order valence-corrected chi connectivity index (χ0v) is 7.97. The Morgan fingerprint density at radius 3 is 2.92 bits per heavy atom. The zero-order valence-electron chi connectivity index (χ0n) is 7.16. The number of nitrogens with zero attached hydrogens (tertiary/aromatic N) is 1. The van der Waals surface area contributed by atoms with Gasteiger partial charge < -0.3 is 10.0 Å². The van der Waals surface area contributed by atoms with E-state index in [4.69, 9.17) is 5.11 Å². The lowest BCUT2D eigenvalue weighted by molar-refractivity contribution is 0.304. The van der Waals surface area contributed by atoms with Crippen LogP contribution in [0, 0.1) is 0 Å². The third kappa shape index (κ3) is 2.09. The van der Waals surface area contributed by atoms with Gasteiger partial charge >= 0.3 is 0 Å². The van der Waals surface area contributed by atoms with Gasteiger partial charge in [0.2, 0.25) is 0 Å². The van der Waals surface area contributed by atoms with Gasteiger partial charge in [0.05, 0.1) is 11.6 Å². The van der Waals surface area contributed by atoms with Crippen LogP contribution in [0.15, 0.2) is 18.7 Å². The van der Waals surface area contributed by atoms with E-state index < -0.39 is 0 Å². The molecular formula is C9H13NOS. The van der Waals surface area contributed by atoms with E-state index in [1.165, 1.54) is 5.00 Å². The summed E-state index contributed by atoms with van der Waals surface area (Å²) in [5.41, 5.74) is 0. The van der Waals surface area contributed by atoms with Crippen LogP contribution in [-0.4, -0.2) is 25.3 Å². The second-order valence-corrected chi connectivity index (χ2v) is 3.62. The molecule has 1 aromatic rings. The molecule has 3 heteroatoms. The molecule has 0 aliphatic carbocycles. The molecule has 12 heavy (non-hydrogen) atoms. The highest BCUT2D eigenvalue weighted by Crippen LogP contribution is 2.25. The minimum atomic E-state index is 0.192. The molecular weight excluding hydrogens is 170 g/mol. The fourth-order valence-electron chi connectivity index (χ4n) is 0.917. The van der Waals surface area contributed by atoms with Gasteiger partial charge in [-0.3, -0.25) is 0 Å². The van der Waals surface area contributed by atoms with Crippen LogP contribution in [-0.2, 0) is 0 Å². The molecule has 0 fully saturated rings. The first-order chi connectivity index (χ1) is 5.77. The fraction of sp³-hybridized carbons (Fsp3) is 0.333. The summed E-state index contributed by atoms with van der Waals surface area (Å²) in [5, 5.41) is 9.87. The van der Waals surface area contributed by atoms with Crippen LogP contribution in [0.5, 0.6) is 0 Å². The summed E-state index contributed by atoms with van der Waals surface area (Å²) in [7, 11) is 1.97. The van der Waals surface area contributed by atoms with Crippen LogP contribution in [0.4, 0.5) is 5.00 Å². The number of thiophene rings is 1. The van der Waals surface area contributed by atoms with Gasteiger partial charge in [0.1, 0.15) is 0 Å². The van der Waals surface area contributed by atoms with E-state index in [0.29, 0.717) is 6.54 Å². The number of rotatable bonds is 4. The van der Waals surface area contributed by atoms with E-state index in [9.17, 15) is 0 Å². The van der Waals surface area contributed by atoms with Gasteiger partial charge in [0, 0.05) is 18.5 Å². The van der Waals surface area contributed by atoms with Crippen LogP contribution in [0.3, 0.4) is 0 Å². The summed E-state index contributed by atoms with van der Waals surface area (Å²) in [6.45, 7) is 4.56. The molecule has 1 rings (SSSR count). The molecule has 0 aromatic carbocycles. The third-order valence-electron chi connectivity index (χ3n) is 1.63. The first kappa shape index (κ1) is 9.29. The maximum Gasteiger partial charge on any atom is 0.0912 e. The van der Waals surface area contributed by atoms with Crippen LogP contribution >= 0.6 is 11.3 Å².